The van der Waals surface area contributed by atoms with E-state index < -0.39 is 0 Å². The van der Waals surface area contributed by atoms with Crippen molar-refractivity contribution in [3.8, 4) is 5.75 Å². The highest BCUT2D eigenvalue weighted by molar-refractivity contribution is 5.68. The normalized spacial score (nSPS) is 16.6. The first-order chi connectivity index (χ1) is 12.1. The van der Waals surface area contributed by atoms with Crippen molar-refractivity contribution in [1.82, 2.24) is 4.90 Å². The van der Waals surface area contributed by atoms with Gasteiger partial charge in [-0.1, -0.05) is 43.3 Å². The van der Waals surface area contributed by atoms with Crippen LogP contribution in [-0.2, 0) is 17.9 Å². The molecule has 4 nitrogen and oxygen atoms in total. The number of amides is 1. The summed E-state index contributed by atoms with van der Waals surface area (Å²) < 4.78 is 11.7. The smallest absolute Gasteiger partial charge is 0.410 e. The number of carbonyl (C=O) groups excluding carboxylic acids is 1. The van der Waals surface area contributed by atoms with Gasteiger partial charge in [0.1, 0.15) is 18.5 Å². The van der Waals surface area contributed by atoms with Gasteiger partial charge in [0, 0.05) is 5.56 Å². The summed E-state index contributed by atoms with van der Waals surface area (Å²) in [6, 6.07) is 13.9. The molecule has 4 heteroatoms. The molecule has 2 aromatic carbocycles. The zero-order chi connectivity index (χ0) is 17.8. The fourth-order valence-corrected chi connectivity index (χ4v) is 2.98. The number of aryl methyl sites for hydroxylation is 2. The maximum atomic E-state index is 12.6. The largest absolute Gasteiger partial charge is 0.488 e. The lowest BCUT2D eigenvalue weighted by Gasteiger charge is -2.22. The van der Waals surface area contributed by atoms with Gasteiger partial charge in [0.15, 0.2) is 0 Å². The summed E-state index contributed by atoms with van der Waals surface area (Å²) in [5.74, 6) is 0.883. The zero-order valence-corrected chi connectivity index (χ0v) is 15.1. The van der Waals surface area contributed by atoms with Gasteiger partial charge in [0.05, 0.1) is 13.1 Å². The Balaban J connectivity index is 1.75. The summed E-state index contributed by atoms with van der Waals surface area (Å²) >= 11 is 0. The number of ether oxygens (including phenoxy) is 2. The monoisotopic (exact) mass is 339 g/mol. The van der Waals surface area contributed by atoms with E-state index in [2.05, 4.69) is 32.9 Å². The molecule has 0 aromatic heterocycles. The average Bonchev–Trinajstić information content (AvgIpc) is 2.80. The maximum absolute atomic E-state index is 12.6. The molecule has 0 aliphatic carbocycles. The molecule has 132 valence electrons. The van der Waals surface area contributed by atoms with Crippen LogP contribution in [-0.4, -0.2) is 23.6 Å². The summed E-state index contributed by atoms with van der Waals surface area (Å²) in [7, 11) is 0. The van der Waals surface area contributed by atoms with E-state index in [1.165, 1.54) is 11.1 Å². The first-order valence-corrected chi connectivity index (χ1v) is 8.79. The fourth-order valence-electron chi connectivity index (χ4n) is 2.98. The molecule has 0 bridgehead atoms. The Kier molecular flexibility index (Phi) is 5.27. The molecule has 0 spiro atoms. The van der Waals surface area contributed by atoms with E-state index in [0.717, 1.165) is 23.3 Å². The molecule has 0 N–H and O–H groups in total. The van der Waals surface area contributed by atoms with Gasteiger partial charge in [-0.3, -0.25) is 0 Å². The number of hydrogen-bond donors (Lipinski definition) is 0. The predicted molar refractivity (Wildman–Crippen MR) is 97.7 cm³/mol. The molecule has 3 rings (SSSR count). The molecule has 1 aliphatic heterocycles. The van der Waals surface area contributed by atoms with Crippen LogP contribution in [0.2, 0.25) is 0 Å². The second kappa shape index (κ2) is 7.60. The molecule has 25 heavy (non-hydrogen) atoms. The third-order valence-corrected chi connectivity index (χ3v) is 4.67. The Morgan fingerprint density at radius 1 is 1.20 bits per heavy atom. The SMILES string of the molecule is CC[C@@H]1CN(C(=O)OCc2ccccc2)Cc2cc(C)c(C)cc2O1. The van der Waals surface area contributed by atoms with Crippen molar-refractivity contribution < 1.29 is 14.3 Å². The molecule has 1 aliphatic rings. The first-order valence-electron chi connectivity index (χ1n) is 8.79. The van der Waals surface area contributed by atoms with Crippen molar-refractivity contribution >= 4 is 6.09 Å². The van der Waals surface area contributed by atoms with Crippen LogP contribution in [0.4, 0.5) is 4.79 Å². The maximum Gasteiger partial charge on any atom is 0.410 e. The minimum absolute atomic E-state index is 0.0207. The van der Waals surface area contributed by atoms with Crippen LogP contribution >= 0.6 is 0 Å². The number of carbonyl (C=O) groups is 1. The van der Waals surface area contributed by atoms with E-state index in [-0.39, 0.29) is 18.8 Å². The lowest BCUT2D eigenvalue weighted by atomic mass is 10.0. The number of fused-ring (bicyclic) bond motifs is 1. The minimum Gasteiger partial charge on any atom is -0.488 e. The summed E-state index contributed by atoms with van der Waals surface area (Å²) in [5, 5.41) is 0. The van der Waals surface area contributed by atoms with E-state index in [1.807, 2.05) is 30.3 Å². The van der Waals surface area contributed by atoms with Crippen LogP contribution < -0.4 is 4.74 Å². The first kappa shape index (κ1) is 17.3. The highest BCUT2D eigenvalue weighted by Crippen LogP contribution is 2.29. The summed E-state index contributed by atoms with van der Waals surface area (Å²) in [6.07, 6.45) is 0.527. The van der Waals surface area contributed by atoms with Crippen molar-refractivity contribution in [3.63, 3.8) is 0 Å². The summed E-state index contributed by atoms with van der Waals surface area (Å²) in [4.78, 5) is 14.3. The lowest BCUT2D eigenvalue weighted by Crippen LogP contribution is -2.37. The van der Waals surface area contributed by atoms with E-state index in [9.17, 15) is 4.79 Å². The van der Waals surface area contributed by atoms with Crippen molar-refractivity contribution in [2.24, 2.45) is 0 Å². The molecule has 0 unspecified atom stereocenters. The van der Waals surface area contributed by atoms with E-state index in [4.69, 9.17) is 9.47 Å². The van der Waals surface area contributed by atoms with Gasteiger partial charge >= 0.3 is 6.09 Å². The Morgan fingerprint density at radius 2 is 1.92 bits per heavy atom. The fraction of sp³-hybridized carbons (Fsp3) is 0.381. The molecule has 1 atom stereocenters. The van der Waals surface area contributed by atoms with Crippen molar-refractivity contribution in [3.05, 3.63) is 64.7 Å². The average molecular weight is 339 g/mol. The Hall–Kier alpha value is -2.49. The van der Waals surface area contributed by atoms with E-state index >= 15 is 0 Å². The van der Waals surface area contributed by atoms with Crippen LogP contribution in [0.3, 0.4) is 0 Å². The number of benzene rings is 2. The topological polar surface area (TPSA) is 38.8 Å². The molecule has 0 saturated carbocycles. The molecule has 0 fully saturated rings. The van der Waals surface area contributed by atoms with Crippen LogP contribution in [0.5, 0.6) is 5.75 Å². The van der Waals surface area contributed by atoms with Crippen molar-refractivity contribution in [1.29, 1.82) is 0 Å². The van der Waals surface area contributed by atoms with Gasteiger partial charge < -0.3 is 14.4 Å². The van der Waals surface area contributed by atoms with Crippen LogP contribution in [0.1, 0.15) is 35.6 Å². The van der Waals surface area contributed by atoms with Gasteiger partial charge in [-0.25, -0.2) is 4.79 Å². The van der Waals surface area contributed by atoms with Crippen LogP contribution in [0, 0.1) is 13.8 Å². The molecular weight excluding hydrogens is 314 g/mol. The molecule has 2 aromatic rings. The van der Waals surface area contributed by atoms with Crippen molar-refractivity contribution in [2.45, 2.75) is 46.4 Å². The van der Waals surface area contributed by atoms with Gasteiger partial charge in [-0.05, 0) is 43.0 Å². The standard InChI is InChI=1S/C21H25NO3/c1-4-19-13-22(21(23)24-14-17-8-6-5-7-9-17)12-18-10-15(2)16(3)11-20(18)25-19/h5-11,19H,4,12-14H2,1-3H3/t19-/m1/s1. The molecular formula is C21H25NO3. The Labute approximate surface area is 149 Å². The predicted octanol–water partition coefficient (Wildman–Crippen LogP) is 4.61. The second-order valence-corrected chi connectivity index (χ2v) is 6.61. The molecule has 0 radical (unpaired) electrons. The van der Waals surface area contributed by atoms with Gasteiger partial charge in [0.25, 0.3) is 0 Å². The van der Waals surface area contributed by atoms with E-state index in [1.54, 1.807) is 4.90 Å². The molecule has 1 heterocycles. The molecule has 1 amide bonds. The highest BCUT2D eigenvalue weighted by atomic mass is 16.6. The minimum atomic E-state index is -0.294. The highest BCUT2D eigenvalue weighted by Gasteiger charge is 2.26. The second-order valence-electron chi connectivity index (χ2n) is 6.61. The number of hydrogen-bond acceptors (Lipinski definition) is 3. The summed E-state index contributed by atoms with van der Waals surface area (Å²) in [6.45, 7) is 7.57. The van der Waals surface area contributed by atoms with Crippen LogP contribution in [0.25, 0.3) is 0 Å². The van der Waals surface area contributed by atoms with Gasteiger partial charge in [0.2, 0.25) is 0 Å². The third kappa shape index (κ3) is 4.13. The van der Waals surface area contributed by atoms with Crippen molar-refractivity contribution in [2.75, 3.05) is 6.54 Å². The molecule has 0 saturated heterocycles. The third-order valence-electron chi connectivity index (χ3n) is 4.67. The Morgan fingerprint density at radius 3 is 2.64 bits per heavy atom. The summed E-state index contributed by atoms with van der Waals surface area (Å²) in [5.41, 5.74) is 4.43. The van der Waals surface area contributed by atoms with E-state index in [0.29, 0.717) is 13.1 Å². The zero-order valence-electron chi connectivity index (χ0n) is 15.1. The number of rotatable bonds is 3. The number of nitrogens with zero attached hydrogens (tertiary/aromatic N) is 1. The van der Waals surface area contributed by atoms with Gasteiger partial charge in [-0.2, -0.15) is 0 Å². The lowest BCUT2D eigenvalue weighted by molar-refractivity contribution is 0.0786. The van der Waals surface area contributed by atoms with Gasteiger partial charge in [-0.15, -0.1) is 0 Å². The Bertz CT molecular complexity index is 742. The van der Waals surface area contributed by atoms with Crippen LogP contribution in [0.15, 0.2) is 42.5 Å². The quantitative estimate of drug-likeness (QED) is 0.819.